The van der Waals surface area contributed by atoms with Gasteiger partial charge in [-0.25, -0.2) is 4.39 Å². The van der Waals surface area contributed by atoms with Gasteiger partial charge >= 0.3 is 5.97 Å². The summed E-state index contributed by atoms with van der Waals surface area (Å²) in [5, 5.41) is 9.76. The lowest BCUT2D eigenvalue weighted by Crippen LogP contribution is -2.49. The van der Waals surface area contributed by atoms with Crippen LogP contribution in [0, 0.1) is 12.7 Å². The number of carboxylic acid groups (broad SMARTS) is 1. The Labute approximate surface area is 242 Å². The van der Waals surface area contributed by atoms with Crippen molar-refractivity contribution in [3.8, 4) is 27.7 Å². The summed E-state index contributed by atoms with van der Waals surface area (Å²) in [4.78, 5) is 27.9. The maximum absolute atomic E-state index is 13.6. The lowest BCUT2D eigenvalue weighted by molar-refractivity contribution is -0.137. The van der Waals surface area contributed by atoms with E-state index in [0.717, 1.165) is 51.7 Å². The number of carbonyl (C=O) groups is 2. The Kier molecular flexibility index (Phi) is 9.16. The number of halogens is 1. The van der Waals surface area contributed by atoms with Crippen LogP contribution < -0.4 is 9.47 Å². The average molecular weight is 577 g/mol. The molecule has 3 aromatic carbocycles. The minimum absolute atomic E-state index is 0.0256. The van der Waals surface area contributed by atoms with Gasteiger partial charge < -0.3 is 19.5 Å². The number of hydrogen-bond acceptors (Lipinski definition) is 6. The van der Waals surface area contributed by atoms with E-state index in [1.807, 2.05) is 29.2 Å². The summed E-state index contributed by atoms with van der Waals surface area (Å²) >= 11 is 1.63. The second-order valence-corrected chi connectivity index (χ2v) is 11.2. The number of aliphatic carboxylic acids is 1. The molecule has 1 aliphatic rings. The molecule has 1 amide bonds. The van der Waals surface area contributed by atoms with Gasteiger partial charge in [-0.2, -0.15) is 0 Å². The van der Waals surface area contributed by atoms with E-state index in [0.29, 0.717) is 31.9 Å². The summed E-state index contributed by atoms with van der Waals surface area (Å²) in [5.74, 6) is 1.07. The molecule has 9 heteroatoms. The maximum atomic E-state index is 13.6. The van der Waals surface area contributed by atoms with Crippen LogP contribution in [0.25, 0.3) is 20.5 Å². The Morgan fingerprint density at radius 1 is 0.927 bits per heavy atom. The minimum atomic E-state index is -0.869. The highest BCUT2D eigenvalue weighted by Crippen LogP contribution is 2.46. The molecule has 5 rings (SSSR count). The molecule has 1 aromatic heterocycles. The number of piperazine rings is 1. The summed E-state index contributed by atoms with van der Waals surface area (Å²) in [6, 6.07) is 20.3. The topological polar surface area (TPSA) is 79.3 Å². The first-order chi connectivity index (χ1) is 19.9. The molecule has 1 aliphatic heterocycles. The van der Waals surface area contributed by atoms with E-state index in [2.05, 4.69) is 30.0 Å². The fraction of sp³-hybridized carbons (Fsp3) is 0.312. The number of carboxylic acids is 1. The molecule has 1 fully saturated rings. The van der Waals surface area contributed by atoms with E-state index in [4.69, 9.17) is 14.6 Å². The number of rotatable bonds is 11. The molecular formula is C32H33FN2O5S. The molecule has 1 saturated heterocycles. The molecule has 41 heavy (non-hydrogen) atoms. The zero-order valence-electron chi connectivity index (χ0n) is 23.0. The van der Waals surface area contributed by atoms with Gasteiger partial charge in [0.15, 0.2) is 5.75 Å². The van der Waals surface area contributed by atoms with Gasteiger partial charge in [0.2, 0.25) is 5.91 Å². The minimum Gasteiger partial charge on any atom is -0.492 e. The number of benzene rings is 3. The first-order valence-corrected chi connectivity index (χ1v) is 14.6. The number of ether oxygens (including phenoxy) is 2. The summed E-state index contributed by atoms with van der Waals surface area (Å²) in [6.07, 6.45) is 0.688. The molecule has 214 valence electrons. The number of aryl methyl sites for hydroxylation is 1. The first kappa shape index (κ1) is 28.6. The Morgan fingerprint density at radius 3 is 2.34 bits per heavy atom. The van der Waals surface area contributed by atoms with E-state index in [-0.39, 0.29) is 24.6 Å². The van der Waals surface area contributed by atoms with Crippen LogP contribution in [-0.4, -0.2) is 66.1 Å². The van der Waals surface area contributed by atoms with Crippen molar-refractivity contribution < 1.29 is 28.6 Å². The Balaban J connectivity index is 1.14. The van der Waals surface area contributed by atoms with Crippen molar-refractivity contribution >= 4 is 33.3 Å². The standard InChI is InChI=1S/C32H33FN2O5S/c1-22-5-14-27-28(21-22)41-32(23-6-8-24(33)9-7-23)31(27)40-26-12-10-25(11-13-26)39-20-19-34-15-17-35(18-16-34)29(36)3-2-4-30(37)38/h5-14,21H,2-4,15-20H2,1H3,(H,37,38). The molecule has 0 unspecified atom stereocenters. The Morgan fingerprint density at radius 2 is 1.63 bits per heavy atom. The number of thiophene rings is 1. The zero-order chi connectivity index (χ0) is 28.8. The smallest absolute Gasteiger partial charge is 0.303 e. The van der Waals surface area contributed by atoms with Crippen molar-refractivity contribution in [1.29, 1.82) is 0 Å². The van der Waals surface area contributed by atoms with Crippen LogP contribution in [0.2, 0.25) is 0 Å². The van der Waals surface area contributed by atoms with Gasteiger partial charge in [0, 0.05) is 55.7 Å². The van der Waals surface area contributed by atoms with Crippen molar-refractivity contribution in [3.05, 3.63) is 78.1 Å². The van der Waals surface area contributed by atoms with Crippen LogP contribution in [0.15, 0.2) is 66.7 Å². The van der Waals surface area contributed by atoms with E-state index >= 15 is 0 Å². The molecule has 2 heterocycles. The van der Waals surface area contributed by atoms with Crippen LogP contribution in [0.5, 0.6) is 17.2 Å². The van der Waals surface area contributed by atoms with Crippen molar-refractivity contribution in [2.24, 2.45) is 0 Å². The molecule has 0 atom stereocenters. The Bertz CT molecular complexity index is 1500. The largest absolute Gasteiger partial charge is 0.492 e. The van der Waals surface area contributed by atoms with E-state index in [1.54, 1.807) is 23.5 Å². The van der Waals surface area contributed by atoms with Crippen molar-refractivity contribution in [3.63, 3.8) is 0 Å². The second kappa shape index (κ2) is 13.1. The number of fused-ring (bicyclic) bond motifs is 1. The molecule has 4 aromatic rings. The van der Waals surface area contributed by atoms with Gasteiger partial charge in [0.1, 0.15) is 23.9 Å². The van der Waals surface area contributed by atoms with Crippen LogP contribution in [-0.2, 0) is 9.59 Å². The maximum Gasteiger partial charge on any atom is 0.303 e. The van der Waals surface area contributed by atoms with Crippen LogP contribution in [0.4, 0.5) is 4.39 Å². The van der Waals surface area contributed by atoms with Crippen LogP contribution in [0.1, 0.15) is 24.8 Å². The summed E-state index contributed by atoms with van der Waals surface area (Å²) in [5.41, 5.74) is 2.07. The third kappa shape index (κ3) is 7.42. The first-order valence-electron chi connectivity index (χ1n) is 13.8. The van der Waals surface area contributed by atoms with Gasteiger partial charge in [-0.3, -0.25) is 14.5 Å². The molecule has 0 saturated carbocycles. The molecule has 0 spiro atoms. The molecule has 0 bridgehead atoms. The fourth-order valence-corrected chi connectivity index (χ4v) is 6.09. The number of nitrogens with zero attached hydrogens (tertiary/aromatic N) is 2. The van der Waals surface area contributed by atoms with E-state index in [9.17, 15) is 14.0 Å². The third-order valence-electron chi connectivity index (χ3n) is 7.13. The molecule has 0 radical (unpaired) electrons. The highest BCUT2D eigenvalue weighted by atomic mass is 32.1. The summed E-state index contributed by atoms with van der Waals surface area (Å²) in [6.45, 7) is 6.17. The lowest BCUT2D eigenvalue weighted by Gasteiger charge is -2.34. The van der Waals surface area contributed by atoms with Gasteiger partial charge in [0.25, 0.3) is 0 Å². The SMILES string of the molecule is Cc1ccc2c(Oc3ccc(OCCN4CCN(C(=O)CCCC(=O)O)CC4)cc3)c(-c3ccc(F)cc3)sc2c1. The fourth-order valence-electron chi connectivity index (χ4n) is 4.86. The number of amides is 1. The highest BCUT2D eigenvalue weighted by Gasteiger charge is 2.21. The molecule has 1 N–H and O–H groups in total. The average Bonchev–Trinajstić information content (AvgIpc) is 3.31. The summed E-state index contributed by atoms with van der Waals surface area (Å²) < 4.78 is 27.1. The zero-order valence-corrected chi connectivity index (χ0v) is 23.8. The molecule has 0 aliphatic carbocycles. The molecular weight excluding hydrogens is 543 g/mol. The second-order valence-electron chi connectivity index (χ2n) is 10.2. The Hall–Kier alpha value is -3.95. The number of carbonyl (C=O) groups excluding carboxylic acids is 1. The van der Waals surface area contributed by atoms with Crippen molar-refractivity contribution in [2.45, 2.75) is 26.2 Å². The molecule has 7 nitrogen and oxygen atoms in total. The van der Waals surface area contributed by atoms with Crippen LogP contribution in [0.3, 0.4) is 0 Å². The quantitative estimate of drug-likeness (QED) is 0.217. The van der Waals surface area contributed by atoms with Gasteiger partial charge in [-0.05, 0) is 73.0 Å². The van der Waals surface area contributed by atoms with E-state index < -0.39 is 5.97 Å². The van der Waals surface area contributed by atoms with Gasteiger partial charge in [0.05, 0.1) is 4.88 Å². The summed E-state index contributed by atoms with van der Waals surface area (Å²) in [7, 11) is 0. The lowest BCUT2D eigenvalue weighted by atomic mass is 10.1. The van der Waals surface area contributed by atoms with Gasteiger partial charge in [-0.15, -0.1) is 11.3 Å². The predicted octanol–water partition coefficient (Wildman–Crippen LogP) is 6.59. The van der Waals surface area contributed by atoms with Gasteiger partial charge in [-0.1, -0.05) is 18.2 Å². The number of hydrogen-bond donors (Lipinski definition) is 1. The monoisotopic (exact) mass is 576 g/mol. The van der Waals surface area contributed by atoms with Crippen molar-refractivity contribution in [2.75, 3.05) is 39.3 Å². The van der Waals surface area contributed by atoms with Crippen LogP contribution >= 0.6 is 11.3 Å². The van der Waals surface area contributed by atoms with E-state index in [1.165, 1.54) is 17.7 Å². The highest BCUT2D eigenvalue weighted by molar-refractivity contribution is 7.22. The van der Waals surface area contributed by atoms with Crippen molar-refractivity contribution in [1.82, 2.24) is 9.80 Å². The normalized spacial score (nSPS) is 13.9. The third-order valence-corrected chi connectivity index (χ3v) is 8.32. The predicted molar refractivity (Wildman–Crippen MR) is 158 cm³/mol.